The van der Waals surface area contributed by atoms with Gasteiger partial charge in [-0.15, -0.1) is 0 Å². The summed E-state index contributed by atoms with van der Waals surface area (Å²) < 4.78 is 185. The fraction of sp³-hybridized carbons (Fsp3) is 0.571. The highest BCUT2D eigenvalue weighted by Crippen LogP contribution is 2.48. The summed E-state index contributed by atoms with van der Waals surface area (Å²) in [7, 11) is 5.65. The van der Waals surface area contributed by atoms with E-state index >= 15 is 0 Å². The molecule has 0 saturated heterocycles. The Morgan fingerprint density at radius 3 is 0.614 bits per heavy atom. The van der Waals surface area contributed by atoms with E-state index in [1.165, 1.54) is 91.9 Å². The second-order valence-electron chi connectivity index (χ2n) is 40.0. The average molecular weight is 1940 g/mol. The summed E-state index contributed by atoms with van der Waals surface area (Å²) in [6.45, 7) is 24.8. The summed E-state index contributed by atoms with van der Waals surface area (Å²) in [6.07, 6.45) is 35.0. The van der Waals surface area contributed by atoms with Crippen LogP contribution in [0.25, 0.3) is 0 Å². The second-order valence-corrected chi connectivity index (χ2v) is 41.5. The predicted molar refractivity (Wildman–Crippen MR) is 536 cm³/mol. The van der Waals surface area contributed by atoms with Gasteiger partial charge in [0.15, 0.2) is 58.0 Å². The van der Waals surface area contributed by atoms with Gasteiger partial charge in [0.2, 0.25) is 11.6 Å². The maximum atomic E-state index is 14.1. The molecular formula is C112H160Cl4F12O4. The first-order chi connectivity index (χ1) is 62.9. The van der Waals surface area contributed by atoms with Crippen LogP contribution in [-0.2, 0) is 0 Å². The Hall–Kier alpha value is -6.72. The van der Waals surface area contributed by atoms with E-state index in [0.29, 0.717) is 90.2 Å². The molecule has 8 aromatic carbocycles. The molecule has 8 saturated carbocycles. The van der Waals surface area contributed by atoms with E-state index in [1.807, 2.05) is 43.3 Å². The van der Waals surface area contributed by atoms with Crippen LogP contribution < -0.4 is 18.9 Å². The Kier molecular flexibility index (Phi) is 43.5. The van der Waals surface area contributed by atoms with Gasteiger partial charge in [-0.05, 0) is 316 Å². The van der Waals surface area contributed by atoms with Crippen LogP contribution in [0.1, 0.15) is 386 Å². The summed E-state index contributed by atoms with van der Waals surface area (Å²) in [6, 6.07) is 28.1. The average Bonchev–Trinajstić information content (AvgIpc) is 0.819. The first-order valence-electron chi connectivity index (χ1n) is 48.8. The summed E-state index contributed by atoms with van der Waals surface area (Å²) >= 11 is 24.1. The molecular weight excluding hydrogens is 1780 g/mol. The number of aryl methyl sites for hydroxylation is 4. The van der Waals surface area contributed by atoms with Crippen LogP contribution in [0.2, 0.25) is 20.1 Å². The predicted octanol–water partition coefficient (Wildman–Crippen LogP) is 39.4. The van der Waals surface area contributed by atoms with Gasteiger partial charge in [-0.3, -0.25) is 0 Å². The van der Waals surface area contributed by atoms with E-state index in [4.69, 9.17) is 65.4 Å². The third-order valence-electron chi connectivity index (χ3n) is 30.1. The maximum absolute atomic E-state index is 14.1. The fourth-order valence-corrected chi connectivity index (χ4v) is 21.7. The zero-order valence-electron chi connectivity index (χ0n) is 80.8. The van der Waals surface area contributed by atoms with Crippen LogP contribution in [0.4, 0.5) is 52.7 Å². The number of rotatable bonds is 12. The lowest BCUT2D eigenvalue weighted by atomic mass is 9.79. The van der Waals surface area contributed by atoms with Gasteiger partial charge in [0, 0.05) is 11.4 Å². The van der Waals surface area contributed by atoms with Gasteiger partial charge in [-0.1, -0.05) is 277 Å². The lowest BCUT2D eigenvalue weighted by Gasteiger charge is -2.27. The molecule has 20 heteroatoms. The standard InChI is InChI=1S/2C14H18ClFO.2C14H18ClF.2C14H18F2O.2C14H18F2.8H2/c1-9-3-5-10(6-4-9)11-7-8-12(17-2)13(15)14(11)16;1-9-3-5-10(6-4-9)11-7-8-12(17-2)14(16)13(11)15;1-9-3-6-11(7-4-9)12-8-5-10(2)14(16)13(12)15;1-9-3-6-11(7-4-9)12-8-5-10(2)13(15)14(12)16;2*1-9-3-5-10(6-4-9)11-7-8-12(17-2)14(16)13(11)15;2*1-9-3-6-11(7-4-9)12-8-5-10(2)13(15)14(12)16;;;;;;;;/h2*7-10H,3-6H2,1-2H3;2*5,8-9,11H,3-4,6-7H2,1-2H3;2*7-10H,3-6H2,1-2H3;2*5,8-9,11H,3-4,6-7H2,1-2H3;8*1H. The van der Waals surface area contributed by atoms with Crippen molar-refractivity contribution in [3.8, 4) is 23.0 Å². The number of methoxy groups -OCH3 is 4. The number of hydrogen-bond donors (Lipinski definition) is 0. The monoisotopic (exact) mass is 1940 g/mol. The zero-order chi connectivity index (χ0) is 96.5. The molecule has 8 fully saturated rings. The molecule has 0 N–H and O–H groups in total. The highest BCUT2D eigenvalue weighted by atomic mass is 35.5. The molecule has 4 nitrogen and oxygen atoms in total. The summed E-state index contributed by atoms with van der Waals surface area (Å²) in [4.78, 5) is 0. The SMILES string of the molecule is COc1ccc(C2CCC(C)CC2)c(Cl)c1F.COc1ccc(C2CCC(C)CC2)c(F)c1Cl.COc1ccc(C2CCC(C)CC2)c(F)c1F.COc1ccc(C2CCC(C)CC2)c(F)c1F.Cc1ccc(C2CCC(C)CC2)c(Cl)c1F.Cc1ccc(C2CCC(C)CC2)c(F)c1Cl.Cc1ccc(C2CCC(C)CC2)c(F)c1F.Cc1ccc(C2CCC(C)CC2)c(F)c1F.[HH].[HH].[HH].[HH].[HH].[HH].[HH].[HH]. The Morgan fingerprint density at radius 1 is 0.182 bits per heavy atom. The van der Waals surface area contributed by atoms with E-state index in [0.717, 1.165) is 217 Å². The van der Waals surface area contributed by atoms with Crippen molar-refractivity contribution in [1.82, 2.24) is 0 Å². The molecule has 0 amide bonds. The largest absolute Gasteiger partial charge is 0.495 e. The molecule has 16 rings (SSSR count). The van der Waals surface area contributed by atoms with Crippen molar-refractivity contribution in [2.75, 3.05) is 28.4 Å². The number of halogens is 16. The first kappa shape index (κ1) is 109. The number of ether oxygens (including phenoxy) is 4. The van der Waals surface area contributed by atoms with Crippen molar-refractivity contribution < 1.29 is 83.0 Å². The topological polar surface area (TPSA) is 36.9 Å². The molecule has 8 aliphatic rings. The van der Waals surface area contributed by atoms with Gasteiger partial charge in [0.1, 0.15) is 28.2 Å². The Labute approximate surface area is 813 Å². The van der Waals surface area contributed by atoms with Crippen LogP contribution in [0.5, 0.6) is 23.0 Å². The van der Waals surface area contributed by atoms with Crippen LogP contribution >= 0.6 is 46.4 Å². The zero-order valence-corrected chi connectivity index (χ0v) is 83.8. The fourth-order valence-electron chi connectivity index (χ4n) is 20.6. The van der Waals surface area contributed by atoms with Gasteiger partial charge in [-0.2, -0.15) is 8.78 Å². The molecule has 0 radical (unpaired) electrons. The van der Waals surface area contributed by atoms with Gasteiger partial charge in [0.25, 0.3) is 0 Å². The van der Waals surface area contributed by atoms with Crippen molar-refractivity contribution in [3.63, 3.8) is 0 Å². The van der Waals surface area contributed by atoms with E-state index in [-0.39, 0.29) is 79.8 Å². The molecule has 8 aliphatic carbocycles. The van der Waals surface area contributed by atoms with Crippen molar-refractivity contribution in [2.45, 2.75) is 336 Å². The molecule has 0 bridgehead atoms. The van der Waals surface area contributed by atoms with Crippen LogP contribution in [-0.4, -0.2) is 28.4 Å². The van der Waals surface area contributed by atoms with Crippen LogP contribution in [0.15, 0.2) is 97.1 Å². The minimum absolute atomic E-state index is 0. The smallest absolute Gasteiger partial charge is 0.200 e. The van der Waals surface area contributed by atoms with Gasteiger partial charge < -0.3 is 18.9 Å². The van der Waals surface area contributed by atoms with E-state index in [1.54, 1.807) is 69.3 Å². The normalized spacial score (nSPS) is 25.2. The summed E-state index contributed by atoms with van der Waals surface area (Å²) in [5.74, 6) is 1.99. The number of benzene rings is 8. The second kappa shape index (κ2) is 52.7. The van der Waals surface area contributed by atoms with Crippen molar-refractivity contribution in [3.05, 3.63) is 254 Å². The van der Waals surface area contributed by atoms with E-state index < -0.39 is 52.4 Å². The molecule has 0 heterocycles. The third kappa shape index (κ3) is 29.7. The van der Waals surface area contributed by atoms with E-state index in [9.17, 15) is 52.7 Å². The van der Waals surface area contributed by atoms with E-state index in [2.05, 4.69) is 55.4 Å². The molecule has 0 atom stereocenters. The highest BCUT2D eigenvalue weighted by molar-refractivity contribution is 6.33. The summed E-state index contributed by atoms with van der Waals surface area (Å²) in [5, 5.41) is 1.00. The minimum atomic E-state index is -0.858. The Morgan fingerprint density at radius 2 is 0.356 bits per heavy atom. The quantitative estimate of drug-likeness (QED) is 0.114. The van der Waals surface area contributed by atoms with Crippen LogP contribution in [0.3, 0.4) is 0 Å². The lowest BCUT2D eigenvalue weighted by molar-refractivity contribution is 0.333. The van der Waals surface area contributed by atoms with Gasteiger partial charge in [0.05, 0.1) is 43.5 Å². The first-order valence-corrected chi connectivity index (χ1v) is 50.3. The molecule has 0 aromatic heterocycles. The summed E-state index contributed by atoms with van der Waals surface area (Å²) in [5.41, 5.74) is 7.95. The van der Waals surface area contributed by atoms with Crippen molar-refractivity contribution >= 4 is 46.4 Å². The van der Waals surface area contributed by atoms with Gasteiger partial charge >= 0.3 is 0 Å². The van der Waals surface area contributed by atoms with Gasteiger partial charge in [-0.25, -0.2) is 43.9 Å². The Balaban J connectivity index is 0.000000794. The molecule has 0 aliphatic heterocycles. The lowest BCUT2D eigenvalue weighted by Crippen LogP contribution is -2.13. The maximum Gasteiger partial charge on any atom is 0.200 e. The Bertz CT molecular complexity index is 4370. The molecule has 132 heavy (non-hydrogen) atoms. The molecule has 0 unspecified atom stereocenters. The molecule has 8 aromatic rings. The third-order valence-corrected chi connectivity index (χ3v) is 31.6. The van der Waals surface area contributed by atoms with Crippen LogP contribution in [0, 0.1) is 145 Å². The molecule has 0 spiro atoms. The minimum Gasteiger partial charge on any atom is -0.495 e. The molecule has 744 valence electrons. The number of hydrogen-bond acceptors (Lipinski definition) is 4. The van der Waals surface area contributed by atoms with Crippen molar-refractivity contribution in [1.29, 1.82) is 0 Å². The van der Waals surface area contributed by atoms with Crippen molar-refractivity contribution in [2.24, 2.45) is 47.3 Å². The highest BCUT2D eigenvalue weighted by Gasteiger charge is 2.33.